The Kier molecular flexibility index (Phi) is 4.58. The predicted octanol–water partition coefficient (Wildman–Crippen LogP) is 1.79. The first-order valence-corrected chi connectivity index (χ1v) is 7.08. The maximum atomic E-state index is 12.3. The standard InChI is InChI=1S/C14H23N3O2/c1-10(2)17-8-7-15-13(14(17)19)16-12-6-4-3-5-11(12)9-18/h7-8,10-12,18H,3-6,9H2,1-2H3,(H,15,16). The van der Waals surface area contributed by atoms with Gasteiger partial charge in [0.25, 0.3) is 5.56 Å². The number of aliphatic hydroxyl groups is 1. The molecule has 0 amide bonds. The zero-order valence-corrected chi connectivity index (χ0v) is 11.7. The van der Waals surface area contributed by atoms with Gasteiger partial charge in [0.2, 0.25) is 0 Å². The van der Waals surface area contributed by atoms with Crippen LogP contribution < -0.4 is 10.9 Å². The van der Waals surface area contributed by atoms with Gasteiger partial charge in [-0.25, -0.2) is 4.98 Å². The van der Waals surface area contributed by atoms with Gasteiger partial charge in [0.05, 0.1) is 0 Å². The van der Waals surface area contributed by atoms with Crippen molar-refractivity contribution in [3.8, 4) is 0 Å². The Morgan fingerprint density at radius 3 is 2.89 bits per heavy atom. The molecule has 1 aromatic rings. The van der Waals surface area contributed by atoms with Crippen LogP contribution in [0.4, 0.5) is 5.82 Å². The van der Waals surface area contributed by atoms with Crippen LogP contribution >= 0.6 is 0 Å². The van der Waals surface area contributed by atoms with Crippen LogP contribution in [0.3, 0.4) is 0 Å². The van der Waals surface area contributed by atoms with Crippen molar-refractivity contribution in [3.63, 3.8) is 0 Å². The molecule has 1 fully saturated rings. The molecule has 0 aromatic carbocycles. The second-order valence-electron chi connectivity index (χ2n) is 5.56. The second-order valence-corrected chi connectivity index (χ2v) is 5.56. The Balaban J connectivity index is 2.18. The Morgan fingerprint density at radius 2 is 2.21 bits per heavy atom. The Bertz CT molecular complexity index is 470. The minimum Gasteiger partial charge on any atom is -0.396 e. The molecule has 106 valence electrons. The molecule has 0 radical (unpaired) electrons. The smallest absolute Gasteiger partial charge is 0.293 e. The fourth-order valence-corrected chi connectivity index (χ4v) is 2.72. The zero-order chi connectivity index (χ0) is 13.8. The maximum Gasteiger partial charge on any atom is 0.293 e. The summed E-state index contributed by atoms with van der Waals surface area (Å²) in [4.78, 5) is 16.4. The van der Waals surface area contributed by atoms with E-state index in [2.05, 4.69) is 10.3 Å². The van der Waals surface area contributed by atoms with Crippen molar-refractivity contribution in [2.24, 2.45) is 5.92 Å². The highest BCUT2D eigenvalue weighted by Gasteiger charge is 2.25. The molecule has 0 aliphatic heterocycles. The van der Waals surface area contributed by atoms with Crippen molar-refractivity contribution < 1.29 is 5.11 Å². The van der Waals surface area contributed by atoms with E-state index in [1.165, 1.54) is 0 Å². The summed E-state index contributed by atoms with van der Waals surface area (Å²) in [5.74, 6) is 0.629. The lowest BCUT2D eigenvalue weighted by molar-refractivity contribution is 0.178. The summed E-state index contributed by atoms with van der Waals surface area (Å²) in [5, 5.41) is 12.6. The van der Waals surface area contributed by atoms with Gasteiger partial charge in [-0.05, 0) is 26.7 Å². The lowest BCUT2D eigenvalue weighted by Gasteiger charge is -2.31. The van der Waals surface area contributed by atoms with Gasteiger partial charge in [0.15, 0.2) is 5.82 Å². The van der Waals surface area contributed by atoms with Crippen LogP contribution in [0.25, 0.3) is 0 Å². The molecule has 1 heterocycles. The molecule has 2 N–H and O–H groups in total. The monoisotopic (exact) mass is 265 g/mol. The minimum atomic E-state index is -0.0836. The lowest BCUT2D eigenvalue weighted by Crippen LogP contribution is -2.37. The minimum absolute atomic E-state index is 0.0836. The molecule has 2 atom stereocenters. The third-order valence-corrected chi connectivity index (χ3v) is 3.89. The zero-order valence-electron chi connectivity index (χ0n) is 11.7. The number of aromatic nitrogens is 2. The van der Waals surface area contributed by atoms with E-state index in [0.29, 0.717) is 5.82 Å². The topological polar surface area (TPSA) is 67.2 Å². The van der Waals surface area contributed by atoms with Crippen molar-refractivity contribution in [2.45, 2.75) is 51.6 Å². The number of aliphatic hydroxyl groups excluding tert-OH is 1. The van der Waals surface area contributed by atoms with E-state index >= 15 is 0 Å². The fraction of sp³-hybridized carbons (Fsp3) is 0.714. The Morgan fingerprint density at radius 1 is 1.47 bits per heavy atom. The number of hydrogen-bond acceptors (Lipinski definition) is 4. The van der Waals surface area contributed by atoms with Crippen molar-refractivity contribution in [1.82, 2.24) is 9.55 Å². The van der Waals surface area contributed by atoms with Gasteiger partial charge in [0, 0.05) is 37.0 Å². The van der Waals surface area contributed by atoms with Gasteiger partial charge in [-0.1, -0.05) is 12.8 Å². The average molecular weight is 265 g/mol. The number of nitrogens with one attached hydrogen (secondary N) is 1. The van der Waals surface area contributed by atoms with Crippen LogP contribution in [-0.4, -0.2) is 27.3 Å². The quantitative estimate of drug-likeness (QED) is 0.871. The molecule has 5 heteroatoms. The van der Waals surface area contributed by atoms with E-state index in [1.54, 1.807) is 17.0 Å². The third kappa shape index (κ3) is 3.15. The van der Waals surface area contributed by atoms with E-state index in [9.17, 15) is 9.90 Å². The highest BCUT2D eigenvalue weighted by atomic mass is 16.3. The normalized spacial score (nSPS) is 23.6. The molecule has 2 unspecified atom stereocenters. The first-order chi connectivity index (χ1) is 9.13. The van der Waals surface area contributed by atoms with Gasteiger partial charge in [0.1, 0.15) is 0 Å². The highest BCUT2D eigenvalue weighted by molar-refractivity contribution is 5.33. The van der Waals surface area contributed by atoms with Crippen LogP contribution in [0, 0.1) is 5.92 Å². The summed E-state index contributed by atoms with van der Waals surface area (Å²) in [6.45, 7) is 4.12. The maximum absolute atomic E-state index is 12.3. The summed E-state index contributed by atoms with van der Waals surface area (Å²) in [6.07, 6.45) is 7.66. The van der Waals surface area contributed by atoms with Crippen molar-refractivity contribution >= 4 is 5.82 Å². The summed E-state index contributed by atoms with van der Waals surface area (Å²) in [6, 6.07) is 0.276. The van der Waals surface area contributed by atoms with Crippen LogP contribution in [0.5, 0.6) is 0 Å². The summed E-state index contributed by atoms with van der Waals surface area (Å²) in [7, 11) is 0. The van der Waals surface area contributed by atoms with Gasteiger partial charge in [-0.3, -0.25) is 4.79 Å². The molecule has 0 saturated heterocycles. The fourth-order valence-electron chi connectivity index (χ4n) is 2.72. The Hall–Kier alpha value is -1.36. The SMILES string of the molecule is CC(C)n1ccnc(NC2CCCCC2CO)c1=O. The third-order valence-electron chi connectivity index (χ3n) is 3.89. The molecule has 1 saturated carbocycles. The predicted molar refractivity (Wildman–Crippen MR) is 75.3 cm³/mol. The van der Waals surface area contributed by atoms with Gasteiger partial charge in [-0.2, -0.15) is 0 Å². The summed E-state index contributed by atoms with van der Waals surface area (Å²) >= 11 is 0. The van der Waals surface area contributed by atoms with Gasteiger partial charge in [-0.15, -0.1) is 0 Å². The number of nitrogens with zero attached hydrogens (tertiary/aromatic N) is 2. The molecule has 5 nitrogen and oxygen atoms in total. The number of hydrogen-bond donors (Lipinski definition) is 2. The average Bonchev–Trinajstić information content (AvgIpc) is 2.41. The van der Waals surface area contributed by atoms with Crippen molar-refractivity contribution in [3.05, 3.63) is 22.7 Å². The molecular formula is C14H23N3O2. The molecule has 2 rings (SSSR count). The van der Waals surface area contributed by atoms with Crippen LogP contribution in [0.1, 0.15) is 45.6 Å². The Labute approximate surface area is 113 Å². The van der Waals surface area contributed by atoms with E-state index in [4.69, 9.17) is 0 Å². The van der Waals surface area contributed by atoms with Crippen molar-refractivity contribution in [1.29, 1.82) is 0 Å². The number of anilines is 1. The molecular weight excluding hydrogens is 242 g/mol. The molecule has 0 spiro atoms. The second kappa shape index (κ2) is 6.19. The van der Waals surface area contributed by atoms with E-state index in [0.717, 1.165) is 25.7 Å². The van der Waals surface area contributed by atoms with E-state index in [-0.39, 0.29) is 30.2 Å². The van der Waals surface area contributed by atoms with Crippen LogP contribution in [-0.2, 0) is 0 Å². The number of rotatable bonds is 4. The first kappa shape index (κ1) is 14.1. The first-order valence-electron chi connectivity index (χ1n) is 7.08. The molecule has 1 aliphatic rings. The molecule has 19 heavy (non-hydrogen) atoms. The summed E-state index contributed by atoms with van der Waals surface area (Å²) in [5.41, 5.74) is -0.0836. The van der Waals surface area contributed by atoms with Gasteiger partial charge >= 0.3 is 0 Å². The highest BCUT2D eigenvalue weighted by Crippen LogP contribution is 2.25. The van der Waals surface area contributed by atoms with E-state index in [1.807, 2.05) is 13.8 Å². The van der Waals surface area contributed by atoms with Crippen LogP contribution in [0.2, 0.25) is 0 Å². The summed E-state index contributed by atoms with van der Waals surface area (Å²) < 4.78 is 1.67. The van der Waals surface area contributed by atoms with Crippen molar-refractivity contribution in [2.75, 3.05) is 11.9 Å². The molecule has 1 aliphatic carbocycles. The lowest BCUT2D eigenvalue weighted by atomic mass is 9.85. The largest absolute Gasteiger partial charge is 0.396 e. The van der Waals surface area contributed by atoms with E-state index < -0.39 is 0 Å². The molecule has 1 aromatic heterocycles. The molecule has 0 bridgehead atoms. The van der Waals surface area contributed by atoms with Crippen LogP contribution in [0.15, 0.2) is 17.2 Å². The van der Waals surface area contributed by atoms with Gasteiger partial charge < -0.3 is 15.0 Å².